The highest BCUT2D eigenvalue weighted by Crippen LogP contribution is 2.17. The fraction of sp³-hybridized carbons (Fsp3) is 0.643. The summed E-state index contributed by atoms with van der Waals surface area (Å²) in [4.78, 5) is 13.0. The maximum Gasteiger partial charge on any atom is 0.371 e. The van der Waals surface area contributed by atoms with E-state index in [1.165, 1.54) is 0 Å². The fourth-order valence-electron chi connectivity index (χ4n) is 2.25. The minimum absolute atomic E-state index is 0.00171. The highest BCUT2D eigenvalue weighted by molar-refractivity contribution is 5.84. The van der Waals surface area contributed by atoms with Gasteiger partial charge in [-0.1, -0.05) is 13.8 Å². The highest BCUT2D eigenvalue weighted by atomic mass is 16.4. The van der Waals surface area contributed by atoms with Crippen LogP contribution in [0.25, 0.3) is 0 Å². The molecule has 0 saturated carbocycles. The van der Waals surface area contributed by atoms with Gasteiger partial charge in [0.05, 0.1) is 0 Å². The van der Waals surface area contributed by atoms with Crippen LogP contribution in [0.3, 0.4) is 0 Å². The standard InChI is InChI=1S/C14H24N2O3/c1-10-11(6-12(19-10)13(17)18)7-15-8-14(2,3)9-16(4)5/h6,15H,7-9H2,1-5H3,(H,17,18). The first kappa shape index (κ1) is 15.7. The van der Waals surface area contributed by atoms with Crippen LogP contribution >= 0.6 is 0 Å². The minimum atomic E-state index is -1.03. The van der Waals surface area contributed by atoms with Crippen LogP contribution in [-0.2, 0) is 6.54 Å². The third-order valence-corrected chi connectivity index (χ3v) is 2.89. The van der Waals surface area contributed by atoms with Crippen molar-refractivity contribution in [3.05, 3.63) is 23.2 Å². The lowest BCUT2D eigenvalue weighted by Crippen LogP contribution is -2.37. The molecule has 1 aromatic heterocycles. The SMILES string of the molecule is Cc1oc(C(=O)O)cc1CNCC(C)(C)CN(C)C. The van der Waals surface area contributed by atoms with E-state index in [1.807, 2.05) is 0 Å². The molecule has 108 valence electrons. The zero-order valence-corrected chi connectivity index (χ0v) is 12.4. The Morgan fingerprint density at radius 1 is 1.47 bits per heavy atom. The van der Waals surface area contributed by atoms with E-state index >= 15 is 0 Å². The van der Waals surface area contributed by atoms with Crippen molar-refractivity contribution in [3.8, 4) is 0 Å². The Kier molecular flexibility index (Phi) is 5.14. The van der Waals surface area contributed by atoms with E-state index in [0.717, 1.165) is 18.7 Å². The smallest absolute Gasteiger partial charge is 0.371 e. The van der Waals surface area contributed by atoms with Crippen molar-refractivity contribution in [2.45, 2.75) is 27.3 Å². The summed E-state index contributed by atoms with van der Waals surface area (Å²) in [5.74, 6) is -0.362. The van der Waals surface area contributed by atoms with Crippen molar-refractivity contribution in [2.75, 3.05) is 27.2 Å². The molecule has 5 heteroatoms. The van der Waals surface area contributed by atoms with Gasteiger partial charge in [0.2, 0.25) is 5.76 Å². The molecule has 0 spiro atoms. The van der Waals surface area contributed by atoms with E-state index in [1.54, 1.807) is 13.0 Å². The summed E-state index contributed by atoms with van der Waals surface area (Å²) < 4.78 is 5.18. The number of hydrogen-bond donors (Lipinski definition) is 2. The van der Waals surface area contributed by atoms with Crippen molar-refractivity contribution in [1.29, 1.82) is 0 Å². The predicted molar refractivity (Wildman–Crippen MR) is 74.4 cm³/mol. The van der Waals surface area contributed by atoms with Crippen molar-refractivity contribution in [1.82, 2.24) is 10.2 Å². The van der Waals surface area contributed by atoms with Crippen molar-refractivity contribution >= 4 is 5.97 Å². The molecular weight excluding hydrogens is 244 g/mol. The highest BCUT2D eigenvalue weighted by Gasteiger charge is 2.19. The molecule has 1 rings (SSSR count). The molecule has 0 saturated heterocycles. The topological polar surface area (TPSA) is 65.7 Å². The third-order valence-electron chi connectivity index (χ3n) is 2.89. The van der Waals surface area contributed by atoms with Crippen molar-refractivity contribution in [3.63, 3.8) is 0 Å². The molecule has 0 bridgehead atoms. The van der Waals surface area contributed by atoms with E-state index in [9.17, 15) is 4.79 Å². The van der Waals surface area contributed by atoms with Crippen LogP contribution in [-0.4, -0.2) is 43.2 Å². The lowest BCUT2D eigenvalue weighted by molar-refractivity contribution is 0.0661. The van der Waals surface area contributed by atoms with Crippen LogP contribution in [0.2, 0.25) is 0 Å². The first-order valence-corrected chi connectivity index (χ1v) is 6.39. The van der Waals surface area contributed by atoms with Crippen LogP contribution in [0.1, 0.15) is 35.7 Å². The van der Waals surface area contributed by atoms with E-state index in [2.05, 4.69) is 38.2 Å². The van der Waals surface area contributed by atoms with Gasteiger partial charge in [-0.25, -0.2) is 4.79 Å². The number of carbonyl (C=O) groups is 1. The second-order valence-corrected chi connectivity index (χ2v) is 6.00. The average Bonchev–Trinajstić information content (AvgIpc) is 2.58. The zero-order chi connectivity index (χ0) is 14.6. The average molecular weight is 268 g/mol. The molecule has 0 unspecified atom stereocenters. The summed E-state index contributed by atoms with van der Waals surface area (Å²) in [6.45, 7) is 8.66. The fourth-order valence-corrected chi connectivity index (χ4v) is 2.25. The molecule has 0 fully saturated rings. The second-order valence-electron chi connectivity index (χ2n) is 6.00. The number of hydrogen-bond acceptors (Lipinski definition) is 4. The molecule has 0 radical (unpaired) electrons. The normalized spacial score (nSPS) is 12.1. The molecule has 0 amide bonds. The van der Waals surface area contributed by atoms with Crippen LogP contribution in [0.5, 0.6) is 0 Å². The van der Waals surface area contributed by atoms with E-state index < -0.39 is 5.97 Å². The molecule has 2 N–H and O–H groups in total. The third kappa shape index (κ3) is 5.04. The molecule has 0 aromatic carbocycles. The van der Waals surface area contributed by atoms with Crippen LogP contribution in [0.15, 0.2) is 10.5 Å². The number of nitrogens with one attached hydrogen (secondary N) is 1. The zero-order valence-electron chi connectivity index (χ0n) is 12.4. The Morgan fingerprint density at radius 2 is 2.11 bits per heavy atom. The van der Waals surface area contributed by atoms with Crippen molar-refractivity contribution in [2.24, 2.45) is 5.41 Å². The van der Waals surface area contributed by atoms with Crippen LogP contribution in [0.4, 0.5) is 0 Å². The molecular formula is C14H24N2O3. The Bertz CT molecular complexity index is 436. The van der Waals surface area contributed by atoms with Gasteiger partial charge in [0.1, 0.15) is 5.76 Å². The number of furan rings is 1. The summed E-state index contributed by atoms with van der Waals surface area (Å²) in [6.07, 6.45) is 0. The summed E-state index contributed by atoms with van der Waals surface area (Å²) in [5, 5.41) is 12.2. The number of carboxylic acids is 1. The van der Waals surface area contributed by atoms with Gasteiger partial charge in [-0.15, -0.1) is 0 Å². The van der Waals surface area contributed by atoms with Gasteiger partial charge < -0.3 is 19.7 Å². The Hall–Kier alpha value is -1.33. The molecule has 1 aromatic rings. The number of aromatic carboxylic acids is 1. The van der Waals surface area contributed by atoms with E-state index in [4.69, 9.17) is 9.52 Å². The minimum Gasteiger partial charge on any atom is -0.475 e. The lowest BCUT2D eigenvalue weighted by Gasteiger charge is -2.28. The first-order valence-electron chi connectivity index (χ1n) is 6.39. The molecule has 0 aliphatic heterocycles. The van der Waals surface area contributed by atoms with E-state index in [-0.39, 0.29) is 11.2 Å². The van der Waals surface area contributed by atoms with Crippen molar-refractivity contribution < 1.29 is 14.3 Å². The van der Waals surface area contributed by atoms with Gasteiger partial charge >= 0.3 is 5.97 Å². The number of aryl methyl sites for hydroxylation is 1. The molecule has 0 aliphatic carbocycles. The molecule has 1 heterocycles. The quantitative estimate of drug-likeness (QED) is 0.791. The van der Waals surface area contributed by atoms with Gasteiger partial charge in [0, 0.05) is 25.2 Å². The van der Waals surface area contributed by atoms with Gasteiger partial charge in [-0.2, -0.15) is 0 Å². The van der Waals surface area contributed by atoms with Gasteiger partial charge in [-0.3, -0.25) is 0 Å². The largest absolute Gasteiger partial charge is 0.475 e. The Balaban J connectivity index is 2.51. The lowest BCUT2D eigenvalue weighted by atomic mass is 9.93. The van der Waals surface area contributed by atoms with Gasteiger partial charge in [-0.05, 0) is 32.5 Å². The second kappa shape index (κ2) is 6.21. The van der Waals surface area contributed by atoms with E-state index in [0.29, 0.717) is 12.3 Å². The summed E-state index contributed by atoms with van der Waals surface area (Å²) in [7, 11) is 4.11. The summed E-state index contributed by atoms with van der Waals surface area (Å²) in [5.41, 5.74) is 1.06. The maximum absolute atomic E-state index is 10.8. The van der Waals surface area contributed by atoms with Gasteiger partial charge in [0.25, 0.3) is 0 Å². The monoisotopic (exact) mass is 268 g/mol. The van der Waals surface area contributed by atoms with Crippen LogP contribution in [0, 0.1) is 12.3 Å². The number of nitrogens with zero attached hydrogens (tertiary/aromatic N) is 1. The Labute approximate surface area is 114 Å². The number of carboxylic acid groups (broad SMARTS) is 1. The molecule has 0 aliphatic rings. The Morgan fingerprint density at radius 3 is 2.58 bits per heavy atom. The summed E-state index contributed by atoms with van der Waals surface area (Å²) >= 11 is 0. The summed E-state index contributed by atoms with van der Waals surface area (Å²) in [6, 6.07) is 1.59. The molecule has 19 heavy (non-hydrogen) atoms. The molecule has 5 nitrogen and oxygen atoms in total. The molecule has 0 atom stereocenters. The predicted octanol–water partition coefficient (Wildman–Crippen LogP) is 1.96. The maximum atomic E-state index is 10.8. The van der Waals surface area contributed by atoms with Crippen LogP contribution < -0.4 is 5.32 Å². The van der Waals surface area contributed by atoms with Gasteiger partial charge in [0.15, 0.2) is 0 Å². The first-order chi connectivity index (χ1) is 8.71. The number of rotatable bonds is 7.